The van der Waals surface area contributed by atoms with Crippen molar-refractivity contribution in [2.45, 2.75) is 71.6 Å². The van der Waals surface area contributed by atoms with Gasteiger partial charge in [0.1, 0.15) is 5.75 Å². The molecule has 2 saturated carbocycles. The summed E-state index contributed by atoms with van der Waals surface area (Å²) >= 11 is 6.03. The van der Waals surface area contributed by atoms with Gasteiger partial charge in [-0.3, -0.25) is 4.79 Å². The number of aryl methyl sites for hydroxylation is 1. The molecule has 0 N–H and O–H groups in total. The highest BCUT2D eigenvalue weighted by Gasteiger charge is 2.33. The molecule has 2 aliphatic carbocycles. The maximum Gasteiger partial charge on any atom is 0.314 e. The first-order valence-corrected chi connectivity index (χ1v) is 10.4. The number of carbonyl (C=O) groups is 1. The second kappa shape index (κ2) is 8.58. The summed E-state index contributed by atoms with van der Waals surface area (Å²) in [6, 6.07) is 5.42. The zero-order chi connectivity index (χ0) is 17.8. The summed E-state index contributed by atoms with van der Waals surface area (Å²) in [5.41, 5.74) is 0.943. The minimum Gasteiger partial charge on any atom is -0.426 e. The molecule has 0 heterocycles. The summed E-state index contributed by atoms with van der Waals surface area (Å²) in [5, 5.41) is 0.707. The average Bonchev–Trinajstić information content (AvgIpc) is 2.65. The van der Waals surface area contributed by atoms with Gasteiger partial charge in [-0.05, 0) is 87.0 Å². The molecule has 0 spiro atoms. The minimum atomic E-state index is -0.0603. The number of esters is 1. The number of benzene rings is 1. The van der Waals surface area contributed by atoms with Crippen LogP contribution in [0.3, 0.4) is 0 Å². The van der Waals surface area contributed by atoms with Gasteiger partial charge in [0, 0.05) is 5.02 Å². The van der Waals surface area contributed by atoms with E-state index in [1.165, 1.54) is 44.9 Å². The molecule has 3 heteroatoms. The zero-order valence-corrected chi connectivity index (χ0v) is 16.4. The van der Waals surface area contributed by atoms with Crippen LogP contribution in [0, 0.1) is 30.6 Å². The fourth-order valence-corrected chi connectivity index (χ4v) is 4.89. The highest BCUT2D eigenvalue weighted by Crippen LogP contribution is 2.42. The van der Waals surface area contributed by atoms with Crippen LogP contribution in [-0.4, -0.2) is 5.97 Å². The van der Waals surface area contributed by atoms with Gasteiger partial charge in [-0.15, -0.1) is 0 Å². The van der Waals surface area contributed by atoms with Gasteiger partial charge >= 0.3 is 5.97 Å². The van der Waals surface area contributed by atoms with E-state index in [-0.39, 0.29) is 11.9 Å². The Bertz CT molecular complexity index is 582. The third kappa shape index (κ3) is 4.78. The van der Waals surface area contributed by atoms with Gasteiger partial charge in [0.25, 0.3) is 0 Å². The molecule has 0 radical (unpaired) electrons. The first kappa shape index (κ1) is 18.8. The molecule has 2 nitrogen and oxygen atoms in total. The molecule has 0 bridgehead atoms. The van der Waals surface area contributed by atoms with Crippen molar-refractivity contribution in [2.75, 3.05) is 0 Å². The number of ether oxygens (including phenoxy) is 1. The Hall–Kier alpha value is -1.02. The zero-order valence-electron chi connectivity index (χ0n) is 15.6. The van der Waals surface area contributed by atoms with Crippen LogP contribution >= 0.6 is 11.6 Å². The predicted octanol–water partition coefficient (Wildman–Crippen LogP) is 6.58. The van der Waals surface area contributed by atoms with Crippen molar-refractivity contribution >= 4 is 17.6 Å². The monoisotopic (exact) mass is 362 g/mol. The first-order valence-electron chi connectivity index (χ1n) is 10.0. The summed E-state index contributed by atoms with van der Waals surface area (Å²) in [6.07, 6.45) is 11.4. The molecule has 0 amide bonds. The lowest BCUT2D eigenvalue weighted by atomic mass is 9.69. The quantitative estimate of drug-likeness (QED) is 0.446. The van der Waals surface area contributed by atoms with Crippen molar-refractivity contribution < 1.29 is 9.53 Å². The lowest BCUT2D eigenvalue weighted by Crippen LogP contribution is -2.30. The lowest BCUT2D eigenvalue weighted by Gasteiger charge is -2.37. The van der Waals surface area contributed by atoms with Crippen LogP contribution in [0.15, 0.2) is 18.2 Å². The van der Waals surface area contributed by atoms with Crippen molar-refractivity contribution in [3.63, 3.8) is 0 Å². The van der Waals surface area contributed by atoms with Gasteiger partial charge in [0.15, 0.2) is 0 Å². The van der Waals surface area contributed by atoms with E-state index in [1.54, 1.807) is 12.1 Å². The molecule has 0 aromatic heterocycles. The van der Waals surface area contributed by atoms with Crippen LogP contribution in [0.5, 0.6) is 5.75 Å². The summed E-state index contributed by atoms with van der Waals surface area (Å²) in [7, 11) is 0. The van der Waals surface area contributed by atoms with Crippen LogP contribution in [0.4, 0.5) is 0 Å². The largest absolute Gasteiger partial charge is 0.426 e. The standard InChI is InChI=1S/C22H31ClO2/c1-3-16-4-6-17(7-5-16)18-8-10-19(11-9-18)22(24)25-20-12-13-21(23)15(2)14-20/h12-14,16-19H,3-11H2,1-2H3/t16-,17-,18-,19-. The molecular formula is C22H31ClO2. The molecular weight excluding hydrogens is 332 g/mol. The molecule has 1 aromatic rings. The van der Waals surface area contributed by atoms with Crippen LogP contribution < -0.4 is 4.74 Å². The van der Waals surface area contributed by atoms with Crippen LogP contribution in [0.2, 0.25) is 5.02 Å². The number of rotatable bonds is 4. The fraction of sp³-hybridized carbons (Fsp3) is 0.682. The van der Waals surface area contributed by atoms with Gasteiger partial charge < -0.3 is 4.74 Å². The smallest absolute Gasteiger partial charge is 0.314 e. The number of hydrogen-bond acceptors (Lipinski definition) is 2. The Balaban J connectivity index is 1.47. The van der Waals surface area contributed by atoms with E-state index >= 15 is 0 Å². The van der Waals surface area contributed by atoms with E-state index in [0.717, 1.165) is 36.2 Å². The number of halogens is 1. The van der Waals surface area contributed by atoms with Gasteiger partial charge in [0.05, 0.1) is 5.92 Å². The third-order valence-electron chi connectivity index (χ3n) is 6.59. The molecule has 25 heavy (non-hydrogen) atoms. The Morgan fingerprint density at radius 1 is 1.04 bits per heavy atom. The fourth-order valence-electron chi connectivity index (χ4n) is 4.77. The van der Waals surface area contributed by atoms with E-state index in [1.807, 2.05) is 13.0 Å². The average molecular weight is 363 g/mol. The predicted molar refractivity (Wildman–Crippen MR) is 103 cm³/mol. The molecule has 138 valence electrons. The second-order valence-corrected chi connectivity index (χ2v) is 8.54. The van der Waals surface area contributed by atoms with E-state index in [9.17, 15) is 4.79 Å². The summed E-state index contributed by atoms with van der Waals surface area (Å²) < 4.78 is 5.60. The maximum atomic E-state index is 12.5. The Morgan fingerprint density at radius 3 is 2.20 bits per heavy atom. The van der Waals surface area contributed by atoms with E-state index in [0.29, 0.717) is 10.8 Å². The van der Waals surface area contributed by atoms with Crippen molar-refractivity contribution in [1.82, 2.24) is 0 Å². The van der Waals surface area contributed by atoms with Crippen molar-refractivity contribution in [2.24, 2.45) is 23.7 Å². The Kier molecular flexibility index (Phi) is 6.44. The summed E-state index contributed by atoms with van der Waals surface area (Å²) in [6.45, 7) is 4.25. The highest BCUT2D eigenvalue weighted by molar-refractivity contribution is 6.31. The normalized spacial score (nSPS) is 30.0. The van der Waals surface area contributed by atoms with Crippen LogP contribution in [0.1, 0.15) is 70.3 Å². The molecule has 2 fully saturated rings. The molecule has 3 rings (SSSR count). The maximum absolute atomic E-state index is 12.5. The van der Waals surface area contributed by atoms with Gasteiger partial charge in [-0.1, -0.05) is 37.8 Å². The van der Waals surface area contributed by atoms with E-state index in [2.05, 4.69) is 6.92 Å². The molecule has 0 saturated heterocycles. The third-order valence-corrected chi connectivity index (χ3v) is 7.01. The van der Waals surface area contributed by atoms with Crippen molar-refractivity contribution in [3.8, 4) is 5.75 Å². The number of carbonyl (C=O) groups excluding carboxylic acids is 1. The molecule has 0 unspecified atom stereocenters. The number of hydrogen-bond donors (Lipinski definition) is 0. The summed E-state index contributed by atoms with van der Waals surface area (Å²) in [4.78, 5) is 12.5. The van der Waals surface area contributed by atoms with Gasteiger partial charge in [-0.25, -0.2) is 0 Å². The first-order chi connectivity index (χ1) is 12.1. The van der Waals surface area contributed by atoms with Gasteiger partial charge in [0.2, 0.25) is 0 Å². The van der Waals surface area contributed by atoms with Crippen LogP contribution in [0.25, 0.3) is 0 Å². The van der Waals surface area contributed by atoms with Gasteiger partial charge in [-0.2, -0.15) is 0 Å². The van der Waals surface area contributed by atoms with Crippen molar-refractivity contribution in [1.29, 1.82) is 0 Å². The Morgan fingerprint density at radius 2 is 1.64 bits per heavy atom. The minimum absolute atomic E-state index is 0.0603. The van der Waals surface area contributed by atoms with Crippen LogP contribution in [-0.2, 0) is 4.79 Å². The Labute approximate surface area is 157 Å². The van der Waals surface area contributed by atoms with E-state index in [4.69, 9.17) is 16.3 Å². The second-order valence-electron chi connectivity index (χ2n) is 8.13. The highest BCUT2D eigenvalue weighted by atomic mass is 35.5. The SMILES string of the molecule is CC[C@H]1CC[C@H]([C@H]2CC[C@H](C(=O)Oc3ccc(Cl)c(C)c3)CC2)CC1. The molecule has 1 aromatic carbocycles. The molecule has 0 aliphatic heterocycles. The van der Waals surface area contributed by atoms with E-state index < -0.39 is 0 Å². The topological polar surface area (TPSA) is 26.3 Å². The lowest BCUT2D eigenvalue weighted by molar-refractivity contribution is -0.140. The molecule has 0 atom stereocenters. The summed E-state index contributed by atoms with van der Waals surface area (Å²) in [5.74, 6) is 3.32. The van der Waals surface area contributed by atoms with Crippen molar-refractivity contribution in [3.05, 3.63) is 28.8 Å². The molecule has 2 aliphatic rings.